The fraction of sp³-hybridized carbons (Fsp3) is 0.385. The number of hydrogen-bond acceptors (Lipinski definition) is 7. The van der Waals surface area contributed by atoms with E-state index in [9.17, 15) is 19.2 Å². The lowest BCUT2D eigenvalue weighted by atomic mass is 10.1. The predicted molar refractivity (Wildman–Crippen MR) is 142 cm³/mol. The number of aromatic amines is 1. The Morgan fingerprint density at radius 3 is 2.77 bits per heavy atom. The fourth-order valence-corrected chi connectivity index (χ4v) is 4.92. The van der Waals surface area contributed by atoms with Crippen molar-refractivity contribution in [2.45, 2.75) is 58.3 Å². The van der Waals surface area contributed by atoms with Crippen molar-refractivity contribution in [3.63, 3.8) is 0 Å². The molecule has 0 fully saturated rings. The normalized spacial score (nSPS) is 13.8. The van der Waals surface area contributed by atoms with Gasteiger partial charge < -0.3 is 25.3 Å². The SMILES string of the molecule is CCn1c(=O)[nH]c(=O)c2c1nc(Cc1cn3c(n1)CCCC3)n2Cc1cccc(C(=O)NC[C@H](N)C(=O)O)c1. The topological polar surface area (TPSA) is 183 Å². The number of aromatic nitrogens is 6. The van der Waals surface area contributed by atoms with Crippen molar-refractivity contribution in [2.24, 2.45) is 5.73 Å². The highest BCUT2D eigenvalue weighted by atomic mass is 16.4. The number of nitrogens with one attached hydrogen (secondary N) is 2. The van der Waals surface area contributed by atoms with E-state index in [1.54, 1.807) is 29.7 Å². The number of fused-ring (bicyclic) bond motifs is 2. The predicted octanol–water partition coefficient (Wildman–Crippen LogP) is 0.220. The Labute approximate surface area is 222 Å². The number of nitrogens with two attached hydrogens (primary N) is 1. The largest absolute Gasteiger partial charge is 0.480 e. The zero-order valence-corrected chi connectivity index (χ0v) is 21.5. The van der Waals surface area contributed by atoms with Crippen molar-refractivity contribution in [3.8, 4) is 0 Å². The van der Waals surface area contributed by atoms with Gasteiger partial charge in [-0.25, -0.2) is 14.8 Å². The van der Waals surface area contributed by atoms with Crippen LogP contribution in [0.1, 0.15) is 53.0 Å². The number of carbonyl (C=O) groups excluding carboxylic acids is 1. The van der Waals surface area contributed by atoms with Crippen LogP contribution < -0.4 is 22.3 Å². The third-order valence-corrected chi connectivity index (χ3v) is 6.91. The highest BCUT2D eigenvalue weighted by molar-refractivity contribution is 5.94. The third kappa shape index (κ3) is 5.25. The molecule has 0 aliphatic carbocycles. The van der Waals surface area contributed by atoms with E-state index in [1.165, 1.54) is 4.57 Å². The van der Waals surface area contributed by atoms with E-state index < -0.39 is 29.2 Å². The molecule has 1 atom stereocenters. The molecule has 1 aromatic carbocycles. The number of carboxylic acid groups (broad SMARTS) is 1. The first-order valence-electron chi connectivity index (χ1n) is 12.9. The summed E-state index contributed by atoms with van der Waals surface area (Å²) in [6.07, 6.45) is 5.49. The Bertz CT molecular complexity index is 1650. The Balaban J connectivity index is 1.52. The number of aryl methyl sites for hydroxylation is 3. The van der Waals surface area contributed by atoms with Crippen molar-refractivity contribution in [1.82, 2.24) is 34.0 Å². The average molecular weight is 535 g/mol. The zero-order chi connectivity index (χ0) is 27.7. The maximum absolute atomic E-state index is 13.0. The van der Waals surface area contributed by atoms with E-state index >= 15 is 0 Å². The van der Waals surface area contributed by atoms with Crippen molar-refractivity contribution < 1.29 is 14.7 Å². The van der Waals surface area contributed by atoms with Gasteiger partial charge in [0, 0.05) is 50.8 Å². The van der Waals surface area contributed by atoms with E-state index in [0.717, 1.165) is 37.3 Å². The number of carbonyl (C=O) groups is 2. The molecule has 0 bridgehead atoms. The number of aliphatic carboxylic acids is 1. The molecule has 4 aromatic rings. The number of amides is 1. The summed E-state index contributed by atoms with van der Waals surface area (Å²) in [5.74, 6) is -0.0759. The van der Waals surface area contributed by atoms with Crippen molar-refractivity contribution >= 4 is 23.0 Å². The highest BCUT2D eigenvalue weighted by Gasteiger charge is 2.21. The first kappa shape index (κ1) is 26.1. The Morgan fingerprint density at radius 1 is 1.21 bits per heavy atom. The lowest BCUT2D eigenvalue weighted by Crippen LogP contribution is -2.42. The van der Waals surface area contributed by atoms with Gasteiger partial charge in [0.2, 0.25) is 0 Å². The molecule has 204 valence electrons. The minimum absolute atomic E-state index is 0.208. The van der Waals surface area contributed by atoms with Crippen LogP contribution in [0.4, 0.5) is 0 Å². The Morgan fingerprint density at radius 2 is 2.03 bits per heavy atom. The molecule has 13 nitrogen and oxygen atoms in total. The van der Waals surface area contributed by atoms with E-state index in [2.05, 4.69) is 14.9 Å². The molecule has 4 heterocycles. The number of benzene rings is 1. The Kier molecular flexibility index (Phi) is 7.15. The Hall–Kier alpha value is -4.52. The van der Waals surface area contributed by atoms with Crippen LogP contribution in [0.5, 0.6) is 0 Å². The van der Waals surface area contributed by atoms with Gasteiger partial charge in [-0.15, -0.1) is 0 Å². The summed E-state index contributed by atoms with van der Waals surface area (Å²) in [5, 5.41) is 11.5. The first-order chi connectivity index (χ1) is 18.7. The molecule has 1 aliphatic rings. The fourth-order valence-electron chi connectivity index (χ4n) is 4.92. The third-order valence-electron chi connectivity index (χ3n) is 6.91. The molecular formula is C26H30N8O5. The standard InChI is InChI=1S/C26H30N8O5/c1-2-33-22-21(24(36)31-26(33)39)34(20(30-22)11-17-14-32-9-4-3-8-19(32)29-17)13-15-6-5-7-16(10-15)23(35)28-12-18(27)25(37)38/h5-7,10,14,18H,2-4,8-9,11-13,27H2,1H3,(H,28,35)(H,37,38)(H,31,36,39)/t18-/m0/s1. The molecule has 0 saturated carbocycles. The molecule has 39 heavy (non-hydrogen) atoms. The number of H-pyrrole nitrogens is 1. The number of imidazole rings is 2. The van der Waals surface area contributed by atoms with Crippen LogP contribution >= 0.6 is 0 Å². The van der Waals surface area contributed by atoms with Crippen LogP contribution in [0.2, 0.25) is 0 Å². The summed E-state index contributed by atoms with van der Waals surface area (Å²) in [7, 11) is 0. The lowest BCUT2D eigenvalue weighted by molar-refractivity contribution is -0.138. The van der Waals surface area contributed by atoms with E-state index in [0.29, 0.717) is 35.6 Å². The van der Waals surface area contributed by atoms with E-state index in [1.807, 2.05) is 12.3 Å². The summed E-state index contributed by atoms with van der Waals surface area (Å²) in [6, 6.07) is 5.57. The van der Waals surface area contributed by atoms with E-state index in [4.69, 9.17) is 20.8 Å². The summed E-state index contributed by atoms with van der Waals surface area (Å²) < 4.78 is 5.33. The number of hydrogen-bond donors (Lipinski definition) is 4. The summed E-state index contributed by atoms with van der Waals surface area (Å²) in [6.45, 7) is 3.04. The molecule has 5 N–H and O–H groups in total. The van der Waals surface area contributed by atoms with Crippen LogP contribution in [0.3, 0.4) is 0 Å². The van der Waals surface area contributed by atoms with E-state index in [-0.39, 0.29) is 18.6 Å². The van der Waals surface area contributed by atoms with Crippen LogP contribution in [0.25, 0.3) is 11.2 Å². The molecule has 0 saturated heterocycles. The zero-order valence-electron chi connectivity index (χ0n) is 21.5. The van der Waals surface area contributed by atoms with Crippen molar-refractivity contribution in [1.29, 1.82) is 0 Å². The molecule has 3 aromatic heterocycles. The van der Waals surface area contributed by atoms with Gasteiger partial charge in [-0.1, -0.05) is 12.1 Å². The average Bonchev–Trinajstić information content (AvgIpc) is 3.48. The van der Waals surface area contributed by atoms with Gasteiger partial charge >= 0.3 is 11.7 Å². The van der Waals surface area contributed by atoms with Gasteiger partial charge in [-0.05, 0) is 37.5 Å². The maximum atomic E-state index is 13.0. The molecule has 13 heteroatoms. The quantitative estimate of drug-likeness (QED) is 0.235. The molecule has 1 aliphatic heterocycles. The summed E-state index contributed by atoms with van der Waals surface area (Å²) in [4.78, 5) is 61.0. The summed E-state index contributed by atoms with van der Waals surface area (Å²) in [5.41, 5.74) is 6.83. The smallest absolute Gasteiger partial charge is 0.330 e. The molecule has 0 unspecified atom stereocenters. The van der Waals surface area contributed by atoms with Crippen LogP contribution in [-0.4, -0.2) is 58.2 Å². The second-order valence-corrected chi connectivity index (χ2v) is 9.62. The minimum Gasteiger partial charge on any atom is -0.480 e. The van der Waals surface area contributed by atoms with Gasteiger partial charge in [0.25, 0.3) is 11.5 Å². The van der Waals surface area contributed by atoms with Gasteiger partial charge in [-0.2, -0.15) is 0 Å². The minimum atomic E-state index is -1.21. The molecule has 0 spiro atoms. The monoisotopic (exact) mass is 534 g/mol. The van der Waals surface area contributed by atoms with Crippen LogP contribution in [0, 0.1) is 0 Å². The van der Waals surface area contributed by atoms with Crippen LogP contribution in [-0.2, 0) is 37.3 Å². The van der Waals surface area contributed by atoms with Gasteiger partial charge in [0.05, 0.1) is 5.69 Å². The second-order valence-electron chi connectivity index (χ2n) is 9.62. The van der Waals surface area contributed by atoms with Gasteiger partial charge in [0.15, 0.2) is 11.2 Å². The number of rotatable bonds is 9. The number of carboxylic acids is 1. The van der Waals surface area contributed by atoms with Crippen LogP contribution in [0.15, 0.2) is 40.1 Å². The molecule has 1 amide bonds. The summed E-state index contributed by atoms with van der Waals surface area (Å²) >= 11 is 0. The highest BCUT2D eigenvalue weighted by Crippen LogP contribution is 2.20. The second kappa shape index (κ2) is 10.7. The molecular weight excluding hydrogens is 504 g/mol. The number of nitrogens with zero attached hydrogens (tertiary/aromatic N) is 5. The molecule has 5 rings (SSSR count). The van der Waals surface area contributed by atoms with Crippen molar-refractivity contribution in [3.05, 3.63) is 79.8 Å². The van der Waals surface area contributed by atoms with Crippen molar-refractivity contribution in [2.75, 3.05) is 6.54 Å². The van der Waals surface area contributed by atoms with Gasteiger partial charge in [0.1, 0.15) is 17.7 Å². The maximum Gasteiger partial charge on any atom is 0.330 e. The lowest BCUT2D eigenvalue weighted by Gasteiger charge is -2.12. The first-order valence-corrected chi connectivity index (χ1v) is 12.9. The molecule has 0 radical (unpaired) electrons. The van der Waals surface area contributed by atoms with Gasteiger partial charge in [-0.3, -0.25) is 23.9 Å².